The van der Waals surface area contributed by atoms with Gasteiger partial charge in [0.15, 0.2) is 0 Å². The Balaban J connectivity index is 1.87. The molecular formula is C16H24N4O3. The van der Waals surface area contributed by atoms with E-state index in [1.807, 2.05) is 26.0 Å². The van der Waals surface area contributed by atoms with Gasteiger partial charge in [-0.25, -0.2) is 9.78 Å². The number of rotatable bonds is 5. The predicted octanol–water partition coefficient (Wildman–Crippen LogP) is 1.28. The summed E-state index contributed by atoms with van der Waals surface area (Å²) in [6, 6.07) is 3.29. The second-order valence-electron chi connectivity index (χ2n) is 5.95. The van der Waals surface area contributed by atoms with Crippen LogP contribution in [-0.4, -0.2) is 41.0 Å². The van der Waals surface area contributed by atoms with E-state index in [4.69, 9.17) is 10.5 Å². The van der Waals surface area contributed by atoms with E-state index in [1.54, 1.807) is 11.1 Å². The fourth-order valence-corrected chi connectivity index (χ4v) is 2.58. The summed E-state index contributed by atoms with van der Waals surface area (Å²) in [5.74, 6) is 0.455. The van der Waals surface area contributed by atoms with Gasteiger partial charge in [-0.3, -0.25) is 4.79 Å². The standard InChI is InChI=1S/C16H24N4O3/c1-11(2)23-15-13(4-3-7-18-15)10-19-14(21)12-5-8-20(9-6-12)16(17)22/h3-4,7,11-12H,5-6,8-10H2,1-2H3,(H2,17,22)(H,19,21). The Morgan fingerprint density at radius 3 is 2.74 bits per heavy atom. The molecule has 7 heteroatoms. The molecule has 3 amide bonds. The predicted molar refractivity (Wildman–Crippen MR) is 85.7 cm³/mol. The Kier molecular flexibility index (Phi) is 5.78. The number of aromatic nitrogens is 1. The van der Waals surface area contributed by atoms with Crippen molar-refractivity contribution in [2.24, 2.45) is 11.7 Å². The molecule has 126 valence electrons. The number of ether oxygens (including phenoxy) is 1. The Morgan fingerprint density at radius 1 is 1.43 bits per heavy atom. The minimum absolute atomic E-state index is 0.00605. The van der Waals surface area contributed by atoms with Gasteiger partial charge in [0.1, 0.15) is 0 Å². The number of carbonyl (C=O) groups excluding carboxylic acids is 2. The van der Waals surface area contributed by atoms with Gasteiger partial charge in [0.05, 0.1) is 6.10 Å². The van der Waals surface area contributed by atoms with Crippen LogP contribution in [0.3, 0.4) is 0 Å². The number of hydrogen-bond acceptors (Lipinski definition) is 4. The van der Waals surface area contributed by atoms with Crippen molar-refractivity contribution in [3.8, 4) is 5.88 Å². The van der Waals surface area contributed by atoms with Crippen LogP contribution < -0.4 is 15.8 Å². The lowest BCUT2D eigenvalue weighted by atomic mass is 9.96. The van der Waals surface area contributed by atoms with Crippen molar-refractivity contribution in [1.82, 2.24) is 15.2 Å². The van der Waals surface area contributed by atoms with Crippen LogP contribution in [-0.2, 0) is 11.3 Å². The number of amides is 3. The van der Waals surface area contributed by atoms with Gasteiger partial charge in [-0.05, 0) is 32.8 Å². The van der Waals surface area contributed by atoms with Crippen molar-refractivity contribution in [1.29, 1.82) is 0 Å². The molecule has 2 heterocycles. The Bertz CT molecular complexity index is 554. The van der Waals surface area contributed by atoms with E-state index in [9.17, 15) is 9.59 Å². The monoisotopic (exact) mass is 320 g/mol. The fourth-order valence-electron chi connectivity index (χ4n) is 2.58. The van der Waals surface area contributed by atoms with E-state index in [1.165, 1.54) is 0 Å². The molecule has 1 fully saturated rings. The van der Waals surface area contributed by atoms with Gasteiger partial charge in [-0.15, -0.1) is 0 Å². The molecule has 0 spiro atoms. The van der Waals surface area contributed by atoms with Crippen LogP contribution in [0.15, 0.2) is 18.3 Å². The number of urea groups is 1. The van der Waals surface area contributed by atoms with Crippen LogP contribution in [0.25, 0.3) is 0 Å². The molecule has 23 heavy (non-hydrogen) atoms. The Hall–Kier alpha value is -2.31. The summed E-state index contributed by atoms with van der Waals surface area (Å²) in [5, 5.41) is 2.93. The van der Waals surface area contributed by atoms with Crippen LogP contribution in [0.1, 0.15) is 32.3 Å². The number of pyridine rings is 1. The number of primary amides is 1. The average Bonchev–Trinajstić information content (AvgIpc) is 2.53. The number of hydrogen-bond donors (Lipinski definition) is 2. The van der Waals surface area contributed by atoms with Gasteiger partial charge >= 0.3 is 6.03 Å². The molecule has 0 aliphatic carbocycles. The zero-order valence-corrected chi connectivity index (χ0v) is 13.6. The van der Waals surface area contributed by atoms with E-state index in [0.717, 1.165) is 5.56 Å². The first-order valence-electron chi connectivity index (χ1n) is 7.90. The molecule has 1 aromatic heterocycles. The lowest BCUT2D eigenvalue weighted by Crippen LogP contribution is -2.44. The summed E-state index contributed by atoms with van der Waals surface area (Å²) < 4.78 is 5.64. The van der Waals surface area contributed by atoms with Gasteiger partial charge in [0, 0.05) is 37.3 Å². The van der Waals surface area contributed by atoms with Gasteiger partial charge in [0.2, 0.25) is 11.8 Å². The first-order valence-corrected chi connectivity index (χ1v) is 7.90. The molecule has 0 atom stereocenters. The molecule has 2 rings (SSSR count). The van der Waals surface area contributed by atoms with Gasteiger partial charge < -0.3 is 20.7 Å². The minimum Gasteiger partial charge on any atom is -0.475 e. The van der Waals surface area contributed by atoms with E-state index in [-0.39, 0.29) is 17.9 Å². The highest BCUT2D eigenvalue weighted by atomic mass is 16.5. The van der Waals surface area contributed by atoms with Gasteiger partial charge in [-0.2, -0.15) is 0 Å². The first kappa shape index (κ1) is 17.1. The van der Waals surface area contributed by atoms with E-state index in [0.29, 0.717) is 38.4 Å². The van der Waals surface area contributed by atoms with Crippen molar-refractivity contribution in [2.75, 3.05) is 13.1 Å². The van der Waals surface area contributed by atoms with E-state index < -0.39 is 6.03 Å². The highest BCUT2D eigenvalue weighted by molar-refractivity contribution is 5.79. The molecule has 0 unspecified atom stereocenters. The van der Waals surface area contributed by atoms with Gasteiger partial charge in [0.25, 0.3) is 0 Å². The number of nitrogens with one attached hydrogen (secondary N) is 1. The normalized spacial score (nSPS) is 15.5. The SMILES string of the molecule is CC(C)Oc1ncccc1CNC(=O)C1CCN(C(N)=O)CC1. The van der Waals surface area contributed by atoms with Crippen molar-refractivity contribution in [2.45, 2.75) is 39.3 Å². The summed E-state index contributed by atoms with van der Waals surface area (Å²) in [6.45, 7) is 5.31. The van der Waals surface area contributed by atoms with Crippen molar-refractivity contribution in [3.63, 3.8) is 0 Å². The second kappa shape index (κ2) is 7.80. The number of nitrogens with two attached hydrogens (primary N) is 1. The van der Waals surface area contributed by atoms with Crippen molar-refractivity contribution < 1.29 is 14.3 Å². The maximum Gasteiger partial charge on any atom is 0.314 e. The maximum atomic E-state index is 12.3. The smallest absolute Gasteiger partial charge is 0.314 e. The molecule has 3 N–H and O–H groups in total. The van der Waals surface area contributed by atoms with Crippen LogP contribution in [0.2, 0.25) is 0 Å². The van der Waals surface area contributed by atoms with E-state index >= 15 is 0 Å². The summed E-state index contributed by atoms with van der Waals surface area (Å²) in [7, 11) is 0. The molecule has 0 bridgehead atoms. The summed E-state index contributed by atoms with van der Waals surface area (Å²) in [4.78, 5) is 29.1. The third-order valence-corrected chi connectivity index (χ3v) is 3.83. The quantitative estimate of drug-likeness (QED) is 0.854. The second-order valence-corrected chi connectivity index (χ2v) is 5.95. The zero-order chi connectivity index (χ0) is 16.8. The van der Waals surface area contributed by atoms with Crippen molar-refractivity contribution in [3.05, 3.63) is 23.9 Å². The number of piperidine rings is 1. The largest absolute Gasteiger partial charge is 0.475 e. The highest BCUT2D eigenvalue weighted by Gasteiger charge is 2.26. The third-order valence-electron chi connectivity index (χ3n) is 3.83. The minimum atomic E-state index is -0.422. The van der Waals surface area contributed by atoms with Crippen molar-refractivity contribution >= 4 is 11.9 Å². The van der Waals surface area contributed by atoms with Crippen LogP contribution in [0.5, 0.6) is 5.88 Å². The number of nitrogens with zero attached hydrogens (tertiary/aromatic N) is 2. The summed E-state index contributed by atoms with van der Waals surface area (Å²) in [5.41, 5.74) is 6.10. The number of carbonyl (C=O) groups is 2. The van der Waals surface area contributed by atoms with Crippen LogP contribution in [0, 0.1) is 5.92 Å². The van der Waals surface area contributed by atoms with E-state index in [2.05, 4.69) is 10.3 Å². The topological polar surface area (TPSA) is 97.6 Å². The zero-order valence-electron chi connectivity index (χ0n) is 13.6. The Morgan fingerprint density at radius 2 is 2.13 bits per heavy atom. The first-order chi connectivity index (χ1) is 11.0. The summed E-state index contributed by atoms with van der Waals surface area (Å²) in [6.07, 6.45) is 2.97. The maximum absolute atomic E-state index is 12.3. The molecule has 1 aliphatic rings. The van der Waals surface area contributed by atoms with Crippen LogP contribution >= 0.6 is 0 Å². The Labute approximate surface area is 136 Å². The molecule has 1 aromatic rings. The molecule has 1 aliphatic heterocycles. The molecule has 0 aromatic carbocycles. The van der Waals surface area contributed by atoms with Crippen LogP contribution in [0.4, 0.5) is 4.79 Å². The lowest BCUT2D eigenvalue weighted by Gasteiger charge is -2.30. The lowest BCUT2D eigenvalue weighted by molar-refractivity contribution is -0.126. The third kappa shape index (κ3) is 4.84. The fraction of sp³-hybridized carbons (Fsp3) is 0.562. The highest BCUT2D eigenvalue weighted by Crippen LogP contribution is 2.19. The molecule has 0 saturated carbocycles. The number of likely N-dealkylation sites (tertiary alicyclic amines) is 1. The molecule has 7 nitrogen and oxygen atoms in total. The average molecular weight is 320 g/mol. The molecule has 1 saturated heterocycles. The molecular weight excluding hydrogens is 296 g/mol. The molecule has 0 radical (unpaired) electrons. The summed E-state index contributed by atoms with van der Waals surface area (Å²) >= 11 is 0. The van der Waals surface area contributed by atoms with Gasteiger partial charge in [-0.1, -0.05) is 6.07 Å².